The second kappa shape index (κ2) is 26.3. The number of hydrogen-bond acceptors (Lipinski definition) is 3. The van der Waals surface area contributed by atoms with Crippen molar-refractivity contribution in [2.45, 2.75) is 96.9 Å². The van der Waals surface area contributed by atoms with Gasteiger partial charge in [-0.05, 0) is 94.6 Å². The van der Waals surface area contributed by atoms with Crippen molar-refractivity contribution in [3.05, 3.63) is 0 Å². The minimum atomic E-state index is -3.41. The van der Waals surface area contributed by atoms with Gasteiger partial charge in [0.05, 0.1) is 73.9 Å². The Labute approximate surface area is 241 Å². The second-order valence-electron chi connectivity index (χ2n) is 9.31. The van der Waals surface area contributed by atoms with Gasteiger partial charge in [-0.25, -0.2) is 10.1 Å². The fraction of sp³-hybridized carbons (Fsp3) is 1.00. The van der Waals surface area contributed by atoms with E-state index in [1.807, 2.05) is 13.8 Å². The van der Waals surface area contributed by atoms with E-state index in [1.165, 1.54) is 73.9 Å². The first-order valence-electron chi connectivity index (χ1n) is 15.0. The molecule has 0 aliphatic heterocycles. The second-order valence-corrected chi connectivity index (χ2v) is 33.0. The van der Waals surface area contributed by atoms with E-state index in [0.717, 1.165) is 0 Å². The third-order valence-corrected chi connectivity index (χ3v) is 32.4. The van der Waals surface area contributed by atoms with Crippen LogP contribution in [0.25, 0.3) is 0 Å². The Morgan fingerprint density at radius 1 is 0.417 bits per heavy atom. The van der Waals surface area contributed by atoms with Crippen molar-refractivity contribution in [1.82, 2.24) is 0 Å². The van der Waals surface area contributed by atoms with Gasteiger partial charge in [0.15, 0.2) is 0 Å². The SMILES string of the molecule is CCS(CC)=P([O-])([O-])[S-].CC[P+](CC)(CC)CC.CC[P+](CC)(CC)CC.CC[P+](CC)(CC)CC. The number of hydrogen-bond donors (Lipinski definition) is 0. The molecule has 0 amide bonds. The highest BCUT2D eigenvalue weighted by Gasteiger charge is 2.29. The summed E-state index contributed by atoms with van der Waals surface area (Å²) in [6, 6.07) is 0. The van der Waals surface area contributed by atoms with Crippen LogP contribution in [0.1, 0.15) is 96.9 Å². The van der Waals surface area contributed by atoms with Crippen molar-refractivity contribution >= 4 is 49.8 Å². The van der Waals surface area contributed by atoms with E-state index in [9.17, 15) is 9.79 Å². The van der Waals surface area contributed by atoms with Gasteiger partial charge in [0.1, 0.15) is 0 Å². The lowest BCUT2D eigenvalue weighted by Crippen LogP contribution is -2.18. The molecule has 0 bridgehead atoms. The molecule has 8 heteroatoms. The van der Waals surface area contributed by atoms with Gasteiger partial charge >= 0.3 is 0 Å². The molecule has 2 nitrogen and oxygen atoms in total. The molecule has 0 unspecified atom stereocenters. The molecule has 0 N–H and O–H groups in total. The van der Waals surface area contributed by atoms with Crippen molar-refractivity contribution in [2.24, 2.45) is 0 Å². The Morgan fingerprint density at radius 3 is 0.556 bits per heavy atom. The Hall–Kier alpha value is 2.34. The van der Waals surface area contributed by atoms with Gasteiger partial charge < -0.3 is 27.7 Å². The van der Waals surface area contributed by atoms with Gasteiger partial charge in [-0.1, -0.05) is 13.8 Å². The fourth-order valence-corrected chi connectivity index (χ4v) is 17.4. The molecule has 36 heavy (non-hydrogen) atoms. The highest BCUT2D eigenvalue weighted by atomic mass is 32.9. The molecule has 0 heterocycles. The molecule has 0 saturated heterocycles. The Bertz CT molecular complexity index is 413. The smallest absolute Gasteiger partial charge is 0.0565 e. The first-order valence-corrected chi connectivity index (χ1v) is 27.4. The largest absolute Gasteiger partial charge is 0.854 e. The van der Waals surface area contributed by atoms with Gasteiger partial charge in [-0.15, -0.1) is 0 Å². The van der Waals surface area contributed by atoms with Crippen LogP contribution in [0.2, 0.25) is 0 Å². The van der Waals surface area contributed by atoms with E-state index in [2.05, 4.69) is 95.3 Å². The highest BCUT2D eigenvalue weighted by Crippen LogP contribution is 2.58. The van der Waals surface area contributed by atoms with E-state index >= 15 is 0 Å². The van der Waals surface area contributed by atoms with Gasteiger partial charge in [-0.2, -0.15) is 0 Å². The first kappa shape index (κ1) is 45.3. The van der Waals surface area contributed by atoms with Crippen LogP contribution in [0, 0.1) is 0 Å². The maximum Gasteiger partial charge on any atom is 0.0565 e. The first-order chi connectivity index (χ1) is 16.7. The quantitative estimate of drug-likeness (QED) is 0.143. The maximum absolute atomic E-state index is 10.6. The van der Waals surface area contributed by atoms with Crippen molar-refractivity contribution in [3.63, 3.8) is 0 Å². The number of rotatable bonds is 14. The van der Waals surface area contributed by atoms with E-state index in [-0.39, 0.29) is 0 Å². The summed E-state index contributed by atoms with van der Waals surface area (Å²) < 4.78 is 0. The molecule has 0 rings (SSSR count). The zero-order valence-corrected chi connectivity index (χ0v) is 32.5. The van der Waals surface area contributed by atoms with Crippen LogP contribution in [-0.2, 0) is 22.3 Å². The van der Waals surface area contributed by atoms with E-state index < -0.39 is 37.6 Å². The molecular weight excluding hydrogens is 556 g/mol. The van der Waals surface area contributed by atoms with Crippen LogP contribution in [0.15, 0.2) is 0 Å². The summed E-state index contributed by atoms with van der Waals surface area (Å²) in [5, 5.41) is 0. The van der Waals surface area contributed by atoms with Crippen LogP contribution < -0.4 is 9.79 Å². The van der Waals surface area contributed by atoms with Crippen molar-refractivity contribution in [2.75, 3.05) is 85.4 Å². The summed E-state index contributed by atoms with van der Waals surface area (Å²) in [6.45, 7) is 31.9. The normalized spacial score (nSPS) is 12.2. The minimum Gasteiger partial charge on any atom is -0.854 e. The van der Waals surface area contributed by atoms with E-state index in [1.54, 1.807) is 0 Å². The van der Waals surface area contributed by atoms with Gasteiger partial charge in [0.25, 0.3) is 0 Å². The summed E-state index contributed by atoms with van der Waals surface area (Å²) in [5.74, 6) is 1.33. The van der Waals surface area contributed by atoms with Crippen molar-refractivity contribution < 1.29 is 9.79 Å². The van der Waals surface area contributed by atoms with Gasteiger partial charge in [-0.3, -0.25) is 0 Å². The molecule has 0 aromatic heterocycles. The van der Waals surface area contributed by atoms with Crippen LogP contribution in [0.4, 0.5) is 0 Å². The monoisotopic (exact) mass is 626 g/mol. The van der Waals surface area contributed by atoms with E-state index in [4.69, 9.17) is 0 Å². The lowest BCUT2D eigenvalue weighted by Gasteiger charge is -2.53. The van der Waals surface area contributed by atoms with Gasteiger partial charge in [0.2, 0.25) is 0 Å². The topological polar surface area (TPSA) is 46.1 Å². The van der Waals surface area contributed by atoms with Crippen molar-refractivity contribution in [3.8, 4) is 0 Å². The molecule has 0 atom stereocenters. The lowest BCUT2D eigenvalue weighted by atomic mass is 10.9. The standard InChI is InChI=1S/3C8H20P.C4H10O2PS2/c3*1-5-9(6-2,7-3)8-4;1-3-9(4-2)7(5,6)8/h3*5-8H2,1-4H3;3-4H2,1-2H3/q3*+1;-3. The Morgan fingerprint density at radius 2 is 0.556 bits per heavy atom. The average molecular weight is 627 g/mol. The Kier molecular flexibility index (Phi) is 33.1. The predicted octanol–water partition coefficient (Wildman–Crippen LogP) is 8.84. The van der Waals surface area contributed by atoms with Gasteiger partial charge in [0, 0.05) is 21.8 Å². The van der Waals surface area contributed by atoms with Crippen LogP contribution in [-0.4, -0.2) is 85.4 Å². The third-order valence-electron chi connectivity index (χ3n) is 9.03. The molecule has 0 fully saturated rings. The van der Waals surface area contributed by atoms with Crippen molar-refractivity contribution in [1.29, 1.82) is 0 Å². The van der Waals surface area contributed by atoms with Crippen LogP contribution in [0.3, 0.4) is 0 Å². The van der Waals surface area contributed by atoms with Crippen LogP contribution in [0.5, 0.6) is 0 Å². The Balaban J connectivity index is -0.000000190. The molecule has 0 aromatic rings. The third kappa shape index (κ3) is 19.4. The van der Waals surface area contributed by atoms with E-state index in [0.29, 0.717) is 11.5 Å². The zero-order valence-electron chi connectivity index (χ0n) is 27.3. The summed E-state index contributed by atoms with van der Waals surface area (Å²) in [7, 11) is -1.80. The molecular formula is C28H70O2P4S2. The zero-order chi connectivity index (χ0) is 29.5. The fourth-order valence-electron chi connectivity index (χ4n) is 4.55. The average Bonchev–Trinajstić information content (AvgIpc) is 2.90. The molecule has 226 valence electrons. The molecule has 0 spiro atoms. The molecule has 0 aliphatic carbocycles. The highest BCUT2D eigenvalue weighted by molar-refractivity contribution is 8.57. The van der Waals surface area contributed by atoms with Crippen LogP contribution >= 0.6 is 27.5 Å². The molecule has 0 aromatic carbocycles. The molecule has 0 aliphatic rings. The predicted molar refractivity (Wildman–Crippen MR) is 190 cm³/mol. The lowest BCUT2D eigenvalue weighted by molar-refractivity contribution is -0.285. The summed E-state index contributed by atoms with van der Waals surface area (Å²) in [4.78, 5) is 21.3. The molecule has 0 radical (unpaired) electrons. The summed E-state index contributed by atoms with van der Waals surface area (Å²) in [6.07, 6.45) is 17.5. The summed E-state index contributed by atoms with van der Waals surface area (Å²) >= 11 is 4.32. The summed E-state index contributed by atoms with van der Waals surface area (Å²) in [5.41, 5.74) is -3.41. The molecule has 0 saturated carbocycles. The maximum atomic E-state index is 10.6. The minimum absolute atomic E-state index is 0.420.